The first-order chi connectivity index (χ1) is 10.7. The van der Waals surface area contributed by atoms with Gasteiger partial charge in [0.2, 0.25) is 5.91 Å². The lowest BCUT2D eigenvalue weighted by atomic mass is 9.53. The zero-order valence-corrected chi connectivity index (χ0v) is 13.6. The second-order valence-corrected chi connectivity index (χ2v) is 8.06. The van der Waals surface area contributed by atoms with Gasteiger partial charge in [0.1, 0.15) is 0 Å². The molecule has 4 bridgehead atoms. The van der Waals surface area contributed by atoms with E-state index in [1.54, 1.807) is 0 Å². The summed E-state index contributed by atoms with van der Waals surface area (Å²) in [7, 11) is 0. The van der Waals surface area contributed by atoms with E-state index >= 15 is 0 Å². The Morgan fingerprint density at radius 3 is 2.14 bits per heavy atom. The number of benzene rings is 1. The smallest absolute Gasteiger partial charge is 0.227 e. The topological polar surface area (TPSA) is 29.1 Å². The van der Waals surface area contributed by atoms with Crippen LogP contribution in [0, 0.1) is 17.8 Å². The number of carbonyl (C=O) groups is 1. The molecule has 4 fully saturated rings. The van der Waals surface area contributed by atoms with Gasteiger partial charge in [0, 0.05) is 5.54 Å². The summed E-state index contributed by atoms with van der Waals surface area (Å²) in [5.41, 5.74) is 1.29. The Bertz CT molecular complexity index is 515. The van der Waals surface area contributed by atoms with Crippen LogP contribution in [-0.4, -0.2) is 11.4 Å². The molecule has 1 atom stereocenters. The number of rotatable bonds is 4. The standard InChI is InChI=1S/C20H27NO/c1-2-18(17-6-4-3-5-7-17)19(22)21-20-11-14-8-15(12-20)10-16(9-14)13-20/h3-7,14-16,18H,2,8-13H2,1H3,(H,21,22)/t14?,15?,16?,18-,20?/m1/s1. The molecule has 1 amide bonds. The van der Waals surface area contributed by atoms with Crippen molar-refractivity contribution in [3.05, 3.63) is 35.9 Å². The van der Waals surface area contributed by atoms with E-state index in [1.165, 1.54) is 38.5 Å². The van der Waals surface area contributed by atoms with Crippen LogP contribution in [0.4, 0.5) is 0 Å². The monoisotopic (exact) mass is 297 g/mol. The van der Waals surface area contributed by atoms with Crippen molar-refractivity contribution in [1.82, 2.24) is 5.32 Å². The largest absolute Gasteiger partial charge is 0.350 e. The average Bonchev–Trinajstić information content (AvgIpc) is 2.47. The Balaban J connectivity index is 1.52. The van der Waals surface area contributed by atoms with Crippen LogP contribution in [0.15, 0.2) is 30.3 Å². The second-order valence-electron chi connectivity index (χ2n) is 8.06. The summed E-state index contributed by atoms with van der Waals surface area (Å²) >= 11 is 0. The minimum Gasteiger partial charge on any atom is -0.350 e. The molecule has 0 aromatic heterocycles. The minimum atomic E-state index is 0.00852. The molecule has 5 rings (SSSR count). The molecular formula is C20H27NO. The van der Waals surface area contributed by atoms with Crippen LogP contribution >= 0.6 is 0 Å². The number of amides is 1. The highest BCUT2D eigenvalue weighted by Crippen LogP contribution is 2.55. The van der Waals surface area contributed by atoms with Crippen molar-refractivity contribution in [3.8, 4) is 0 Å². The normalized spacial score (nSPS) is 37.0. The van der Waals surface area contributed by atoms with Crippen LogP contribution in [-0.2, 0) is 4.79 Å². The third kappa shape index (κ3) is 2.47. The molecule has 1 aromatic carbocycles. The Morgan fingerprint density at radius 1 is 1.09 bits per heavy atom. The molecule has 1 aromatic rings. The number of hydrogen-bond acceptors (Lipinski definition) is 1. The summed E-state index contributed by atoms with van der Waals surface area (Å²) < 4.78 is 0. The third-order valence-corrected chi connectivity index (χ3v) is 6.35. The quantitative estimate of drug-likeness (QED) is 0.883. The first kappa shape index (κ1) is 14.3. The Kier molecular flexibility index (Phi) is 3.51. The van der Waals surface area contributed by atoms with E-state index in [4.69, 9.17) is 0 Å². The van der Waals surface area contributed by atoms with Gasteiger partial charge in [-0.05, 0) is 68.3 Å². The molecule has 0 aliphatic heterocycles. The highest BCUT2D eigenvalue weighted by Gasteiger charge is 2.51. The molecule has 2 heteroatoms. The second kappa shape index (κ2) is 5.40. The van der Waals surface area contributed by atoms with E-state index in [0.717, 1.165) is 29.7 Å². The Hall–Kier alpha value is -1.31. The van der Waals surface area contributed by atoms with Crippen molar-refractivity contribution in [2.45, 2.75) is 63.3 Å². The van der Waals surface area contributed by atoms with Gasteiger partial charge in [-0.2, -0.15) is 0 Å². The molecule has 0 radical (unpaired) electrons. The van der Waals surface area contributed by atoms with Crippen molar-refractivity contribution in [2.24, 2.45) is 17.8 Å². The number of hydrogen-bond donors (Lipinski definition) is 1. The third-order valence-electron chi connectivity index (χ3n) is 6.35. The molecule has 118 valence electrons. The lowest BCUT2D eigenvalue weighted by molar-refractivity contribution is -0.128. The van der Waals surface area contributed by atoms with Crippen molar-refractivity contribution < 1.29 is 4.79 Å². The highest BCUT2D eigenvalue weighted by molar-refractivity contribution is 5.84. The van der Waals surface area contributed by atoms with Gasteiger partial charge in [-0.3, -0.25) is 4.79 Å². The molecule has 4 aliphatic carbocycles. The summed E-state index contributed by atoms with van der Waals surface area (Å²) in [6.07, 6.45) is 8.84. The van der Waals surface area contributed by atoms with Crippen LogP contribution in [0.3, 0.4) is 0 Å². The van der Waals surface area contributed by atoms with Gasteiger partial charge >= 0.3 is 0 Å². The summed E-state index contributed by atoms with van der Waals surface area (Å²) in [4.78, 5) is 12.9. The van der Waals surface area contributed by atoms with Gasteiger partial charge in [-0.25, -0.2) is 0 Å². The molecule has 22 heavy (non-hydrogen) atoms. The zero-order chi connectivity index (χ0) is 15.2. The predicted octanol–water partition coefficient (Wildman–Crippen LogP) is 4.27. The van der Waals surface area contributed by atoms with Crippen molar-refractivity contribution in [2.75, 3.05) is 0 Å². The van der Waals surface area contributed by atoms with Gasteiger partial charge in [0.25, 0.3) is 0 Å². The van der Waals surface area contributed by atoms with E-state index < -0.39 is 0 Å². The lowest BCUT2D eigenvalue weighted by Gasteiger charge is -2.57. The Morgan fingerprint density at radius 2 is 1.64 bits per heavy atom. The SMILES string of the molecule is CC[C@@H](C(=O)NC12CC3CC(CC(C3)C1)C2)c1ccccc1. The summed E-state index contributed by atoms with van der Waals surface area (Å²) in [5.74, 6) is 2.90. The number of carbonyl (C=O) groups excluding carboxylic acids is 1. The first-order valence-corrected chi connectivity index (χ1v) is 9.04. The summed E-state index contributed by atoms with van der Waals surface area (Å²) in [6, 6.07) is 10.3. The molecule has 0 heterocycles. The van der Waals surface area contributed by atoms with Crippen LogP contribution in [0.5, 0.6) is 0 Å². The molecule has 0 saturated heterocycles. The fourth-order valence-corrected chi connectivity index (χ4v) is 5.87. The summed E-state index contributed by atoms with van der Waals surface area (Å²) in [5, 5.41) is 3.54. The number of nitrogens with one attached hydrogen (secondary N) is 1. The van der Waals surface area contributed by atoms with Crippen molar-refractivity contribution in [3.63, 3.8) is 0 Å². The summed E-state index contributed by atoms with van der Waals surface area (Å²) in [6.45, 7) is 2.12. The molecule has 4 saturated carbocycles. The molecule has 1 N–H and O–H groups in total. The van der Waals surface area contributed by atoms with Crippen LogP contribution in [0.1, 0.15) is 63.4 Å². The van der Waals surface area contributed by atoms with Crippen LogP contribution in [0.25, 0.3) is 0 Å². The van der Waals surface area contributed by atoms with Gasteiger partial charge in [0.15, 0.2) is 0 Å². The first-order valence-electron chi connectivity index (χ1n) is 9.04. The fourth-order valence-electron chi connectivity index (χ4n) is 5.87. The molecule has 0 spiro atoms. The maximum atomic E-state index is 12.9. The van der Waals surface area contributed by atoms with Gasteiger partial charge in [0.05, 0.1) is 5.92 Å². The molecule has 2 nitrogen and oxygen atoms in total. The molecule has 4 aliphatic rings. The van der Waals surface area contributed by atoms with Crippen molar-refractivity contribution in [1.29, 1.82) is 0 Å². The van der Waals surface area contributed by atoms with Crippen LogP contribution in [0.2, 0.25) is 0 Å². The lowest BCUT2D eigenvalue weighted by Crippen LogP contribution is -2.60. The molecular weight excluding hydrogens is 270 g/mol. The van der Waals surface area contributed by atoms with Crippen LogP contribution < -0.4 is 5.32 Å². The maximum absolute atomic E-state index is 12.9. The maximum Gasteiger partial charge on any atom is 0.227 e. The van der Waals surface area contributed by atoms with E-state index in [0.29, 0.717) is 0 Å². The predicted molar refractivity (Wildman–Crippen MR) is 88.5 cm³/mol. The van der Waals surface area contributed by atoms with Gasteiger partial charge in [-0.1, -0.05) is 37.3 Å². The Labute approximate surface area is 133 Å². The van der Waals surface area contributed by atoms with E-state index in [9.17, 15) is 4.79 Å². The minimum absolute atomic E-state index is 0.00852. The molecule has 0 unspecified atom stereocenters. The highest BCUT2D eigenvalue weighted by atomic mass is 16.2. The van der Waals surface area contributed by atoms with E-state index in [1.807, 2.05) is 18.2 Å². The van der Waals surface area contributed by atoms with E-state index in [2.05, 4.69) is 24.4 Å². The van der Waals surface area contributed by atoms with Gasteiger partial charge in [-0.15, -0.1) is 0 Å². The van der Waals surface area contributed by atoms with E-state index in [-0.39, 0.29) is 17.4 Å². The zero-order valence-electron chi connectivity index (χ0n) is 13.6. The fraction of sp³-hybridized carbons (Fsp3) is 0.650. The van der Waals surface area contributed by atoms with Gasteiger partial charge < -0.3 is 5.32 Å². The van der Waals surface area contributed by atoms with Crippen molar-refractivity contribution >= 4 is 5.91 Å². The average molecular weight is 297 g/mol.